The number of hydrogen-bond donors (Lipinski definition) is 2. The molecule has 2 fully saturated rings. The van der Waals surface area contributed by atoms with Gasteiger partial charge < -0.3 is 11.1 Å². The fraction of sp³-hybridized carbons (Fsp3) is 0.611. The summed E-state index contributed by atoms with van der Waals surface area (Å²) in [5.74, 6) is 0.269. The topological polar surface area (TPSA) is 55.1 Å². The van der Waals surface area contributed by atoms with E-state index in [4.69, 9.17) is 17.3 Å². The minimum atomic E-state index is -0.216. The molecule has 0 aliphatic heterocycles. The van der Waals surface area contributed by atoms with Crippen molar-refractivity contribution in [1.29, 1.82) is 0 Å². The molecule has 2 saturated carbocycles. The second kappa shape index (κ2) is 6.59. The zero-order valence-corrected chi connectivity index (χ0v) is 13.7. The number of carbonyl (C=O) groups is 1. The predicted molar refractivity (Wildman–Crippen MR) is 89.7 cm³/mol. The maximum absolute atomic E-state index is 12.7. The molecule has 3 rings (SSSR count). The van der Waals surface area contributed by atoms with Crippen LogP contribution in [0, 0.1) is 5.92 Å². The normalized spacial score (nSPS) is 27.5. The Kier molecular flexibility index (Phi) is 4.74. The number of amides is 1. The van der Waals surface area contributed by atoms with Crippen LogP contribution in [0.5, 0.6) is 0 Å². The summed E-state index contributed by atoms with van der Waals surface area (Å²) in [6.45, 7) is 0. The Morgan fingerprint density at radius 1 is 1.14 bits per heavy atom. The van der Waals surface area contributed by atoms with Crippen molar-refractivity contribution >= 4 is 17.5 Å². The molecule has 0 aromatic heterocycles. The van der Waals surface area contributed by atoms with Gasteiger partial charge in [0.2, 0.25) is 5.91 Å². The van der Waals surface area contributed by atoms with E-state index in [-0.39, 0.29) is 23.4 Å². The molecule has 3 N–H and O–H groups in total. The number of carbonyl (C=O) groups excluding carboxylic acids is 1. The van der Waals surface area contributed by atoms with Crippen LogP contribution in [0.25, 0.3) is 0 Å². The van der Waals surface area contributed by atoms with Crippen LogP contribution in [-0.2, 0) is 10.3 Å². The number of hydrogen-bond acceptors (Lipinski definition) is 2. The molecule has 0 spiro atoms. The Balaban J connectivity index is 1.80. The lowest BCUT2D eigenvalue weighted by Gasteiger charge is -2.39. The SMILES string of the molecule is NC1CCC(C(=O)NC2(c3ccc(Cl)cc3)CCCCC2)C1. The zero-order chi connectivity index (χ0) is 15.6. The molecular formula is C18H25ClN2O. The lowest BCUT2D eigenvalue weighted by molar-refractivity contribution is -0.127. The number of nitrogens with one attached hydrogen (secondary N) is 1. The molecule has 2 aliphatic rings. The molecule has 0 saturated heterocycles. The molecule has 2 unspecified atom stereocenters. The average Bonchev–Trinajstić information content (AvgIpc) is 2.95. The van der Waals surface area contributed by atoms with Gasteiger partial charge >= 0.3 is 0 Å². The summed E-state index contributed by atoms with van der Waals surface area (Å²) in [5.41, 5.74) is 6.93. The summed E-state index contributed by atoms with van der Waals surface area (Å²) in [5, 5.41) is 4.13. The zero-order valence-electron chi connectivity index (χ0n) is 13.0. The van der Waals surface area contributed by atoms with Gasteiger partial charge in [0.25, 0.3) is 0 Å². The number of nitrogens with two attached hydrogens (primary N) is 1. The Hall–Kier alpha value is -1.06. The Bertz CT molecular complexity index is 522. The van der Waals surface area contributed by atoms with Crippen LogP contribution in [0.3, 0.4) is 0 Å². The van der Waals surface area contributed by atoms with Crippen molar-refractivity contribution in [1.82, 2.24) is 5.32 Å². The molecule has 4 heteroatoms. The van der Waals surface area contributed by atoms with E-state index in [1.807, 2.05) is 12.1 Å². The molecule has 0 bridgehead atoms. The molecule has 0 heterocycles. The van der Waals surface area contributed by atoms with Gasteiger partial charge in [0.15, 0.2) is 0 Å². The van der Waals surface area contributed by atoms with Crippen LogP contribution in [0.15, 0.2) is 24.3 Å². The summed E-state index contributed by atoms with van der Waals surface area (Å²) in [4.78, 5) is 12.7. The van der Waals surface area contributed by atoms with Gasteiger partial charge in [-0.15, -0.1) is 0 Å². The van der Waals surface area contributed by atoms with Crippen molar-refractivity contribution in [2.75, 3.05) is 0 Å². The van der Waals surface area contributed by atoms with Crippen molar-refractivity contribution in [3.63, 3.8) is 0 Å². The highest BCUT2D eigenvalue weighted by Gasteiger charge is 2.38. The first-order chi connectivity index (χ1) is 10.6. The van der Waals surface area contributed by atoms with E-state index in [0.717, 1.165) is 50.0 Å². The van der Waals surface area contributed by atoms with Crippen molar-refractivity contribution < 1.29 is 4.79 Å². The van der Waals surface area contributed by atoms with Crippen LogP contribution in [0.4, 0.5) is 0 Å². The standard InChI is InChI=1S/C18H25ClN2O/c19-15-7-5-14(6-8-15)18(10-2-1-3-11-18)21-17(22)13-4-9-16(20)12-13/h5-8,13,16H,1-4,9-12,20H2,(H,21,22). The second-order valence-electron chi connectivity index (χ2n) is 6.91. The third-order valence-corrected chi connectivity index (χ3v) is 5.56. The third kappa shape index (κ3) is 3.31. The van der Waals surface area contributed by atoms with Crippen LogP contribution in [-0.4, -0.2) is 11.9 Å². The van der Waals surface area contributed by atoms with E-state index in [9.17, 15) is 4.79 Å². The van der Waals surface area contributed by atoms with E-state index in [2.05, 4.69) is 17.4 Å². The van der Waals surface area contributed by atoms with Gasteiger partial charge in [-0.05, 0) is 49.8 Å². The first-order valence-electron chi connectivity index (χ1n) is 8.43. The molecule has 2 aliphatic carbocycles. The van der Waals surface area contributed by atoms with Crippen LogP contribution in [0.2, 0.25) is 5.02 Å². The van der Waals surface area contributed by atoms with Crippen molar-refractivity contribution in [3.8, 4) is 0 Å². The molecule has 22 heavy (non-hydrogen) atoms. The van der Waals surface area contributed by atoms with Gasteiger partial charge in [-0.2, -0.15) is 0 Å². The lowest BCUT2D eigenvalue weighted by Crippen LogP contribution is -2.49. The molecule has 0 radical (unpaired) electrons. The summed E-state index contributed by atoms with van der Waals surface area (Å²) in [7, 11) is 0. The van der Waals surface area contributed by atoms with Gasteiger partial charge in [0, 0.05) is 17.0 Å². The van der Waals surface area contributed by atoms with Crippen LogP contribution < -0.4 is 11.1 Å². The third-order valence-electron chi connectivity index (χ3n) is 5.31. The minimum absolute atomic E-state index is 0.0844. The average molecular weight is 321 g/mol. The van der Waals surface area contributed by atoms with Gasteiger partial charge in [0.05, 0.1) is 5.54 Å². The maximum Gasteiger partial charge on any atom is 0.223 e. The van der Waals surface area contributed by atoms with E-state index < -0.39 is 0 Å². The first-order valence-corrected chi connectivity index (χ1v) is 8.80. The summed E-state index contributed by atoms with van der Waals surface area (Å²) < 4.78 is 0. The molecule has 1 aromatic rings. The highest BCUT2D eigenvalue weighted by Crippen LogP contribution is 2.38. The van der Waals surface area contributed by atoms with Crippen molar-refractivity contribution in [3.05, 3.63) is 34.9 Å². The number of halogens is 1. The van der Waals surface area contributed by atoms with Gasteiger partial charge in [-0.25, -0.2) is 0 Å². The smallest absolute Gasteiger partial charge is 0.223 e. The van der Waals surface area contributed by atoms with Gasteiger partial charge in [-0.3, -0.25) is 4.79 Å². The lowest BCUT2D eigenvalue weighted by atomic mass is 9.76. The van der Waals surface area contributed by atoms with Crippen LogP contribution in [0.1, 0.15) is 56.9 Å². The largest absolute Gasteiger partial charge is 0.346 e. The van der Waals surface area contributed by atoms with Crippen LogP contribution >= 0.6 is 11.6 Å². The Morgan fingerprint density at radius 2 is 1.82 bits per heavy atom. The summed E-state index contributed by atoms with van der Waals surface area (Å²) >= 11 is 6.02. The van der Waals surface area contributed by atoms with Crippen molar-refractivity contribution in [2.45, 2.75) is 62.9 Å². The van der Waals surface area contributed by atoms with Gasteiger partial charge in [-0.1, -0.05) is 43.0 Å². The molecule has 120 valence electrons. The summed E-state index contributed by atoms with van der Waals surface area (Å²) in [6.07, 6.45) is 8.30. The van der Waals surface area contributed by atoms with E-state index >= 15 is 0 Å². The molecule has 1 aromatic carbocycles. The summed E-state index contributed by atoms with van der Waals surface area (Å²) in [6, 6.07) is 8.16. The second-order valence-corrected chi connectivity index (χ2v) is 7.35. The molecule has 3 nitrogen and oxygen atoms in total. The highest BCUT2D eigenvalue weighted by molar-refractivity contribution is 6.30. The number of benzene rings is 1. The fourth-order valence-corrected chi connectivity index (χ4v) is 4.13. The van der Waals surface area contributed by atoms with Gasteiger partial charge in [0.1, 0.15) is 0 Å². The van der Waals surface area contributed by atoms with Crippen molar-refractivity contribution in [2.24, 2.45) is 11.7 Å². The quantitative estimate of drug-likeness (QED) is 0.891. The highest BCUT2D eigenvalue weighted by atomic mass is 35.5. The predicted octanol–water partition coefficient (Wildman–Crippen LogP) is 3.74. The minimum Gasteiger partial charge on any atom is -0.346 e. The monoisotopic (exact) mass is 320 g/mol. The molecule has 1 amide bonds. The van der Waals surface area contributed by atoms with E-state index in [0.29, 0.717) is 0 Å². The Morgan fingerprint density at radius 3 is 2.41 bits per heavy atom. The Labute approximate surface area is 137 Å². The fourth-order valence-electron chi connectivity index (χ4n) is 4.00. The van der Waals surface area contributed by atoms with E-state index in [1.54, 1.807) is 0 Å². The maximum atomic E-state index is 12.7. The van der Waals surface area contributed by atoms with E-state index in [1.165, 1.54) is 12.0 Å². The first kappa shape index (κ1) is 15.8. The molecular weight excluding hydrogens is 296 g/mol. The number of rotatable bonds is 3. The molecule has 2 atom stereocenters.